The molecule has 0 aliphatic rings. The molecule has 3 rings (SSSR count). The smallest absolute Gasteiger partial charge is 0.316 e. The van der Waals surface area contributed by atoms with Crippen LogP contribution in [0.2, 0.25) is 0 Å². The average Bonchev–Trinajstić information content (AvgIpc) is 3.21. The van der Waals surface area contributed by atoms with Crippen molar-refractivity contribution >= 4 is 40.7 Å². The van der Waals surface area contributed by atoms with Crippen molar-refractivity contribution in [2.75, 3.05) is 18.6 Å². The summed E-state index contributed by atoms with van der Waals surface area (Å²) in [5.74, 6) is 0.939. The van der Waals surface area contributed by atoms with Gasteiger partial charge in [-0.05, 0) is 17.4 Å². The number of fused-ring (bicyclic) bond motifs is 1. The van der Waals surface area contributed by atoms with E-state index in [1.54, 1.807) is 11.3 Å². The van der Waals surface area contributed by atoms with Crippen molar-refractivity contribution in [3.8, 4) is 10.4 Å². The van der Waals surface area contributed by atoms with Crippen LogP contribution >= 0.6 is 23.1 Å². The molecule has 0 aromatic carbocycles. The SMILES string of the molecule is COC(=O)CSc1nc2nc(C(C)C)c(-c3cccs3)c(N)n2n1. The highest BCUT2D eigenvalue weighted by Gasteiger charge is 2.20. The number of carbonyl (C=O) groups excluding carboxylic acids is 1. The molecule has 126 valence electrons. The van der Waals surface area contributed by atoms with Crippen molar-refractivity contribution in [3.63, 3.8) is 0 Å². The number of anilines is 1. The van der Waals surface area contributed by atoms with E-state index < -0.39 is 0 Å². The fourth-order valence-electron chi connectivity index (χ4n) is 2.25. The standard InChI is InChI=1S/C15H17N5O2S2/c1-8(2)12-11(9-5-4-6-23-9)13(16)20-14(17-12)18-15(19-20)24-7-10(21)22-3/h4-6,8H,7,16H2,1-3H3. The summed E-state index contributed by atoms with van der Waals surface area (Å²) in [7, 11) is 1.35. The van der Waals surface area contributed by atoms with Crippen LogP contribution in [0.3, 0.4) is 0 Å². The van der Waals surface area contributed by atoms with E-state index >= 15 is 0 Å². The van der Waals surface area contributed by atoms with Crippen LogP contribution in [0.4, 0.5) is 5.82 Å². The molecule has 0 unspecified atom stereocenters. The van der Waals surface area contributed by atoms with E-state index in [0.29, 0.717) is 16.8 Å². The van der Waals surface area contributed by atoms with Gasteiger partial charge in [0.1, 0.15) is 5.82 Å². The molecule has 0 radical (unpaired) electrons. The van der Waals surface area contributed by atoms with Crippen LogP contribution in [0.5, 0.6) is 0 Å². The summed E-state index contributed by atoms with van der Waals surface area (Å²) in [5, 5.41) is 6.81. The first-order valence-corrected chi connectivity index (χ1v) is 9.17. The quantitative estimate of drug-likeness (QED) is 0.550. The molecule has 0 amide bonds. The van der Waals surface area contributed by atoms with Gasteiger partial charge in [-0.15, -0.1) is 16.4 Å². The fraction of sp³-hybridized carbons (Fsp3) is 0.333. The Labute approximate surface area is 147 Å². The van der Waals surface area contributed by atoms with Gasteiger partial charge in [-0.3, -0.25) is 4.79 Å². The van der Waals surface area contributed by atoms with E-state index in [0.717, 1.165) is 16.1 Å². The first-order valence-electron chi connectivity index (χ1n) is 7.31. The molecule has 3 heterocycles. The maximum atomic E-state index is 11.3. The number of nitrogens with two attached hydrogens (primary N) is 1. The van der Waals surface area contributed by atoms with E-state index in [9.17, 15) is 4.79 Å². The second-order valence-electron chi connectivity index (χ2n) is 5.36. The fourth-order valence-corrected chi connectivity index (χ4v) is 3.69. The number of hydrogen-bond acceptors (Lipinski definition) is 8. The number of aromatic nitrogens is 4. The second-order valence-corrected chi connectivity index (χ2v) is 7.25. The molecule has 0 saturated heterocycles. The van der Waals surface area contributed by atoms with Crippen LogP contribution in [0.25, 0.3) is 16.2 Å². The van der Waals surface area contributed by atoms with Gasteiger partial charge in [0.15, 0.2) is 0 Å². The van der Waals surface area contributed by atoms with E-state index in [1.807, 2.05) is 17.5 Å². The number of esters is 1. The Morgan fingerprint density at radius 1 is 1.46 bits per heavy atom. The summed E-state index contributed by atoms with van der Waals surface area (Å²) in [4.78, 5) is 21.3. The van der Waals surface area contributed by atoms with Gasteiger partial charge in [0.25, 0.3) is 5.78 Å². The molecule has 0 fully saturated rings. The highest BCUT2D eigenvalue weighted by atomic mass is 32.2. The number of rotatable bonds is 5. The minimum absolute atomic E-state index is 0.141. The Morgan fingerprint density at radius 3 is 2.88 bits per heavy atom. The van der Waals surface area contributed by atoms with Crippen molar-refractivity contribution in [3.05, 3.63) is 23.2 Å². The minimum atomic E-state index is -0.332. The van der Waals surface area contributed by atoms with Gasteiger partial charge in [-0.25, -0.2) is 4.98 Å². The highest BCUT2D eigenvalue weighted by Crippen LogP contribution is 2.36. The molecule has 3 aromatic rings. The number of nitrogen functional groups attached to an aromatic ring is 1. The largest absolute Gasteiger partial charge is 0.468 e. The van der Waals surface area contributed by atoms with Crippen LogP contribution in [-0.4, -0.2) is 38.4 Å². The number of nitrogens with zero attached hydrogens (tertiary/aromatic N) is 4. The molecular weight excluding hydrogens is 346 g/mol. The number of thioether (sulfide) groups is 1. The summed E-state index contributed by atoms with van der Waals surface area (Å²) >= 11 is 2.80. The molecular formula is C15H17N5O2S2. The first kappa shape index (κ1) is 16.7. The van der Waals surface area contributed by atoms with Crippen molar-refractivity contribution < 1.29 is 9.53 Å². The van der Waals surface area contributed by atoms with Crippen molar-refractivity contribution in [2.45, 2.75) is 24.9 Å². The molecule has 0 atom stereocenters. The third-order valence-electron chi connectivity index (χ3n) is 3.39. The van der Waals surface area contributed by atoms with Crippen molar-refractivity contribution in [1.29, 1.82) is 0 Å². The van der Waals surface area contributed by atoms with Crippen LogP contribution in [0.15, 0.2) is 22.7 Å². The van der Waals surface area contributed by atoms with Gasteiger partial charge in [-0.2, -0.15) is 9.50 Å². The summed E-state index contributed by atoms with van der Waals surface area (Å²) in [6.45, 7) is 4.14. The summed E-state index contributed by atoms with van der Waals surface area (Å²) in [5.41, 5.74) is 8.15. The average molecular weight is 363 g/mol. The van der Waals surface area contributed by atoms with Gasteiger partial charge in [-0.1, -0.05) is 31.7 Å². The zero-order valence-corrected chi connectivity index (χ0v) is 15.1. The normalized spacial score (nSPS) is 11.3. The van der Waals surface area contributed by atoms with Gasteiger partial charge in [0, 0.05) is 4.88 Å². The lowest BCUT2D eigenvalue weighted by Crippen LogP contribution is -2.08. The lowest BCUT2D eigenvalue weighted by Gasteiger charge is -2.13. The van der Waals surface area contributed by atoms with Gasteiger partial charge in [0.05, 0.1) is 24.1 Å². The predicted octanol–water partition coefficient (Wildman–Crippen LogP) is 2.82. The molecule has 0 saturated carbocycles. The number of methoxy groups -OCH3 is 1. The van der Waals surface area contributed by atoms with E-state index in [2.05, 4.69) is 33.7 Å². The Hall–Kier alpha value is -2.13. The topological polar surface area (TPSA) is 95.4 Å². The molecule has 7 nitrogen and oxygen atoms in total. The predicted molar refractivity (Wildman–Crippen MR) is 95.3 cm³/mol. The van der Waals surface area contributed by atoms with Gasteiger partial charge in [0.2, 0.25) is 5.16 Å². The Kier molecular flexibility index (Phi) is 4.72. The maximum Gasteiger partial charge on any atom is 0.316 e. The van der Waals surface area contributed by atoms with Gasteiger partial charge < -0.3 is 10.5 Å². The zero-order chi connectivity index (χ0) is 17.3. The van der Waals surface area contributed by atoms with E-state index in [4.69, 9.17) is 5.73 Å². The maximum absolute atomic E-state index is 11.3. The zero-order valence-electron chi connectivity index (χ0n) is 13.5. The van der Waals surface area contributed by atoms with Crippen molar-refractivity contribution in [1.82, 2.24) is 19.6 Å². The number of hydrogen-bond donors (Lipinski definition) is 1. The molecule has 3 aromatic heterocycles. The third kappa shape index (κ3) is 3.09. The molecule has 0 aliphatic carbocycles. The van der Waals surface area contributed by atoms with Crippen LogP contribution in [0, 0.1) is 0 Å². The molecule has 24 heavy (non-hydrogen) atoms. The van der Waals surface area contributed by atoms with Crippen LogP contribution in [-0.2, 0) is 9.53 Å². The monoisotopic (exact) mass is 363 g/mol. The van der Waals surface area contributed by atoms with Gasteiger partial charge >= 0.3 is 5.97 Å². The van der Waals surface area contributed by atoms with Crippen molar-refractivity contribution in [2.24, 2.45) is 0 Å². The van der Waals surface area contributed by atoms with Crippen LogP contribution < -0.4 is 5.73 Å². The molecule has 0 aliphatic heterocycles. The second kappa shape index (κ2) is 6.78. The first-order chi connectivity index (χ1) is 11.5. The lowest BCUT2D eigenvalue weighted by atomic mass is 10.0. The third-order valence-corrected chi connectivity index (χ3v) is 5.09. The number of thiophene rings is 1. The number of ether oxygens (including phenoxy) is 1. The van der Waals surface area contributed by atoms with Crippen LogP contribution in [0.1, 0.15) is 25.5 Å². The Balaban J connectivity index is 2.09. The highest BCUT2D eigenvalue weighted by molar-refractivity contribution is 7.99. The summed E-state index contributed by atoms with van der Waals surface area (Å²) in [6, 6.07) is 3.99. The Bertz CT molecular complexity index is 874. The molecule has 2 N–H and O–H groups in total. The minimum Gasteiger partial charge on any atom is -0.468 e. The lowest BCUT2D eigenvalue weighted by molar-refractivity contribution is -0.137. The molecule has 0 spiro atoms. The molecule has 9 heteroatoms. The molecule has 0 bridgehead atoms. The summed E-state index contributed by atoms with van der Waals surface area (Å²) < 4.78 is 6.16. The summed E-state index contributed by atoms with van der Waals surface area (Å²) in [6.07, 6.45) is 0. The number of carbonyl (C=O) groups is 1. The van der Waals surface area contributed by atoms with E-state index in [-0.39, 0.29) is 17.6 Å². The van der Waals surface area contributed by atoms with E-state index in [1.165, 1.54) is 23.4 Å². The Morgan fingerprint density at radius 2 is 2.25 bits per heavy atom.